The van der Waals surface area contributed by atoms with Crippen LogP contribution in [0.15, 0.2) is 42.6 Å². The van der Waals surface area contributed by atoms with Crippen molar-refractivity contribution in [1.82, 2.24) is 4.98 Å². The van der Waals surface area contributed by atoms with Crippen LogP contribution >= 0.6 is 0 Å². The van der Waals surface area contributed by atoms with Crippen LogP contribution in [-0.2, 0) is 6.42 Å². The van der Waals surface area contributed by atoms with Crippen LogP contribution in [0, 0.1) is 11.3 Å². The Balaban J connectivity index is 1.83. The molecule has 3 aromatic rings. The Morgan fingerprint density at radius 2 is 2.17 bits per heavy atom. The number of methoxy groups -OCH3 is 1. The number of hydrogen-bond donors (Lipinski definition) is 2. The third-order valence-corrected chi connectivity index (χ3v) is 4.28. The summed E-state index contributed by atoms with van der Waals surface area (Å²) in [5, 5.41) is 17.1. The fraction of sp³-hybridized carbons (Fsp3) is 0.158. The molecule has 2 aromatic carbocycles. The molecule has 1 aliphatic heterocycles. The summed E-state index contributed by atoms with van der Waals surface area (Å²) in [7, 11) is 1.63. The van der Waals surface area contributed by atoms with E-state index < -0.39 is 0 Å². The van der Waals surface area contributed by atoms with Crippen LogP contribution < -0.4 is 15.4 Å². The average molecular weight is 316 g/mol. The van der Waals surface area contributed by atoms with Gasteiger partial charge in [0.2, 0.25) is 0 Å². The second kappa shape index (κ2) is 5.74. The number of ether oxygens (including phenoxy) is 1. The molecule has 0 radical (unpaired) electrons. The molecule has 0 saturated heterocycles. The van der Waals surface area contributed by atoms with Crippen LogP contribution in [0.3, 0.4) is 0 Å². The largest absolute Gasteiger partial charge is 0.497 e. The van der Waals surface area contributed by atoms with Crippen LogP contribution in [0.4, 0.5) is 17.1 Å². The van der Waals surface area contributed by atoms with Crippen LogP contribution in [0.25, 0.3) is 10.9 Å². The van der Waals surface area contributed by atoms with Gasteiger partial charge in [-0.1, -0.05) is 6.07 Å². The minimum absolute atomic E-state index is 0.504. The first-order valence-corrected chi connectivity index (χ1v) is 7.79. The maximum Gasteiger partial charge on any atom is 0.119 e. The van der Waals surface area contributed by atoms with Crippen molar-refractivity contribution in [3.63, 3.8) is 0 Å². The van der Waals surface area contributed by atoms with Crippen molar-refractivity contribution >= 4 is 28.0 Å². The second-order valence-corrected chi connectivity index (χ2v) is 5.72. The molecular weight excluding hydrogens is 300 g/mol. The molecule has 5 heteroatoms. The summed E-state index contributed by atoms with van der Waals surface area (Å²) in [4.78, 5) is 4.36. The minimum atomic E-state index is 0.504. The summed E-state index contributed by atoms with van der Waals surface area (Å²) in [6.45, 7) is 0.970. The van der Waals surface area contributed by atoms with Crippen molar-refractivity contribution in [2.24, 2.45) is 0 Å². The van der Waals surface area contributed by atoms with Crippen LogP contribution in [0.1, 0.15) is 11.1 Å². The number of rotatable bonds is 3. The first-order valence-electron chi connectivity index (χ1n) is 7.79. The fourth-order valence-corrected chi connectivity index (χ4v) is 3.03. The first-order chi connectivity index (χ1) is 11.8. The van der Waals surface area contributed by atoms with Gasteiger partial charge in [0.1, 0.15) is 11.8 Å². The van der Waals surface area contributed by atoms with Crippen molar-refractivity contribution in [2.45, 2.75) is 6.42 Å². The zero-order chi connectivity index (χ0) is 16.5. The van der Waals surface area contributed by atoms with Gasteiger partial charge in [-0.15, -0.1) is 0 Å². The average Bonchev–Trinajstić information content (AvgIpc) is 3.09. The number of hydrogen-bond acceptors (Lipinski definition) is 5. The number of nitrogens with one attached hydrogen (secondary N) is 2. The van der Waals surface area contributed by atoms with Gasteiger partial charge in [0.25, 0.3) is 0 Å². The summed E-state index contributed by atoms with van der Waals surface area (Å²) in [6, 6.07) is 14.1. The smallest absolute Gasteiger partial charge is 0.119 e. The highest BCUT2D eigenvalue weighted by Crippen LogP contribution is 2.33. The van der Waals surface area contributed by atoms with E-state index in [-0.39, 0.29) is 0 Å². The van der Waals surface area contributed by atoms with E-state index >= 15 is 0 Å². The highest BCUT2D eigenvalue weighted by atomic mass is 16.5. The van der Waals surface area contributed by atoms with E-state index in [2.05, 4.69) is 33.8 Å². The van der Waals surface area contributed by atoms with Crippen molar-refractivity contribution in [3.05, 3.63) is 53.7 Å². The Kier molecular flexibility index (Phi) is 3.43. The molecule has 0 spiro atoms. The van der Waals surface area contributed by atoms with E-state index in [1.165, 1.54) is 5.56 Å². The summed E-state index contributed by atoms with van der Waals surface area (Å²) in [5.74, 6) is 0.734. The van der Waals surface area contributed by atoms with Gasteiger partial charge in [-0.3, -0.25) is 4.98 Å². The zero-order valence-corrected chi connectivity index (χ0v) is 13.3. The van der Waals surface area contributed by atoms with Crippen molar-refractivity contribution < 1.29 is 4.74 Å². The third kappa shape index (κ3) is 2.38. The molecule has 24 heavy (non-hydrogen) atoms. The highest BCUT2D eigenvalue weighted by molar-refractivity contribution is 5.96. The van der Waals surface area contributed by atoms with Crippen LogP contribution in [0.2, 0.25) is 0 Å². The van der Waals surface area contributed by atoms with Crippen molar-refractivity contribution in [3.8, 4) is 11.8 Å². The topological polar surface area (TPSA) is 70.0 Å². The van der Waals surface area contributed by atoms with E-state index in [0.717, 1.165) is 46.7 Å². The standard InChI is InChI=1S/C19H16N4O/c1-24-15-4-5-17-16(9-15)19(13(10-20)11-22-17)23-14-3-2-12-6-7-21-18(12)8-14/h2-5,8-9,11,21H,6-7H2,1H3,(H,22,23). The lowest BCUT2D eigenvalue weighted by Gasteiger charge is -2.13. The van der Waals surface area contributed by atoms with E-state index in [4.69, 9.17) is 4.74 Å². The number of anilines is 3. The molecule has 0 unspecified atom stereocenters. The van der Waals surface area contributed by atoms with Gasteiger partial charge in [-0.2, -0.15) is 5.26 Å². The molecule has 0 atom stereocenters. The molecule has 1 aromatic heterocycles. The third-order valence-electron chi connectivity index (χ3n) is 4.28. The van der Waals surface area contributed by atoms with E-state index in [1.54, 1.807) is 13.3 Å². The van der Waals surface area contributed by atoms with E-state index in [1.807, 2.05) is 24.3 Å². The molecule has 5 nitrogen and oxygen atoms in total. The molecule has 0 fully saturated rings. The SMILES string of the molecule is COc1ccc2ncc(C#N)c(Nc3ccc4c(c3)NCC4)c2c1. The molecule has 118 valence electrons. The minimum Gasteiger partial charge on any atom is -0.497 e. The summed E-state index contributed by atoms with van der Waals surface area (Å²) < 4.78 is 5.31. The van der Waals surface area contributed by atoms with Gasteiger partial charge in [0.05, 0.1) is 23.9 Å². The Bertz CT molecular complexity index is 975. The Morgan fingerprint density at radius 1 is 1.25 bits per heavy atom. The normalized spacial score (nSPS) is 12.3. The molecule has 2 heterocycles. The van der Waals surface area contributed by atoms with Gasteiger partial charge in [-0.05, 0) is 42.3 Å². The quantitative estimate of drug-likeness (QED) is 0.768. The Hall–Kier alpha value is -3.26. The predicted molar refractivity (Wildman–Crippen MR) is 94.9 cm³/mol. The molecule has 4 rings (SSSR count). The molecule has 1 aliphatic rings. The first kappa shape index (κ1) is 14.3. The Morgan fingerprint density at radius 3 is 3.00 bits per heavy atom. The summed E-state index contributed by atoms with van der Waals surface area (Å²) in [5.41, 5.74) is 5.48. The van der Waals surface area contributed by atoms with Crippen LogP contribution in [-0.4, -0.2) is 18.6 Å². The van der Waals surface area contributed by atoms with Crippen molar-refractivity contribution in [1.29, 1.82) is 5.26 Å². The maximum atomic E-state index is 9.46. The lowest BCUT2D eigenvalue weighted by Crippen LogP contribution is -1.98. The van der Waals surface area contributed by atoms with Crippen LogP contribution in [0.5, 0.6) is 5.75 Å². The molecule has 0 amide bonds. The van der Waals surface area contributed by atoms with Gasteiger partial charge < -0.3 is 15.4 Å². The van der Waals surface area contributed by atoms with Gasteiger partial charge >= 0.3 is 0 Å². The van der Waals surface area contributed by atoms with Gasteiger partial charge in [0, 0.05) is 29.5 Å². The van der Waals surface area contributed by atoms with Crippen molar-refractivity contribution in [2.75, 3.05) is 24.3 Å². The summed E-state index contributed by atoms with van der Waals surface area (Å²) >= 11 is 0. The summed E-state index contributed by atoms with van der Waals surface area (Å²) in [6.07, 6.45) is 2.65. The highest BCUT2D eigenvalue weighted by Gasteiger charge is 2.13. The lowest BCUT2D eigenvalue weighted by atomic mass is 10.1. The Labute approximate surface area is 139 Å². The number of nitriles is 1. The predicted octanol–water partition coefficient (Wildman–Crippen LogP) is 3.83. The van der Waals surface area contributed by atoms with E-state index in [0.29, 0.717) is 5.56 Å². The van der Waals surface area contributed by atoms with Gasteiger partial charge in [-0.25, -0.2) is 0 Å². The number of pyridine rings is 1. The maximum absolute atomic E-state index is 9.46. The molecular formula is C19H16N4O. The number of benzene rings is 2. The van der Waals surface area contributed by atoms with Gasteiger partial charge in [0.15, 0.2) is 0 Å². The lowest BCUT2D eigenvalue weighted by molar-refractivity contribution is 0.415. The number of aromatic nitrogens is 1. The second-order valence-electron chi connectivity index (χ2n) is 5.72. The molecule has 0 bridgehead atoms. The monoisotopic (exact) mass is 316 g/mol. The molecule has 0 aliphatic carbocycles. The zero-order valence-electron chi connectivity index (χ0n) is 13.3. The number of nitrogens with zero attached hydrogens (tertiary/aromatic N) is 2. The molecule has 2 N–H and O–H groups in total. The molecule has 0 saturated carbocycles. The fourth-order valence-electron chi connectivity index (χ4n) is 3.03. The number of fused-ring (bicyclic) bond motifs is 2. The van der Waals surface area contributed by atoms with E-state index in [9.17, 15) is 5.26 Å².